The second kappa shape index (κ2) is 10.5. The lowest BCUT2D eigenvalue weighted by atomic mass is 10.1. The summed E-state index contributed by atoms with van der Waals surface area (Å²) in [6.45, 7) is 8.09. The highest BCUT2D eigenvalue weighted by atomic mass is 32.2. The molecule has 10 heteroatoms. The van der Waals surface area contributed by atoms with Crippen LogP contribution in [0.5, 0.6) is 5.88 Å². The number of thiazole rings is 1. The van der Waals surface area contributed by atoms with Crippen molar-refractivity contribution in [3.8, 4) is 16.5 Å². The Kier molecular flexibility index (Phi) is 7.44. The van der Waals surface area contributed by atoms with Gasteiger partial charge in [0, 0.05) is 35.3 Å². The molecule has 0 bridgehead atoms. The van der Waals surface area contributed by atoms with E-state index in [2.05, 4.69) is 33.7 Å². The number of aryl methyl sites for hydroxylation is 1. The second-order valence-corrected chi connectivity index (χ2v) is 10.4. The number of pyridine rings is 1. The van der Waals surface area contributed by atoms with E-state index in [-0.39, 0.29) is 5.25 Å². The summed E-state index contributed by atoms with van der Waals surface area (Å²) in [5.74, 6) is 1.37. The molecule has 8 nitrogen and oxygen atoms in total. The van der Waals surface area contributed by atoms with Gasteiger partial charge in [0.15, 0.2) is 5.16 Å². The van der Waals surface area contributed by atoms with Gasteiger partial charge in [-0.2, -0.15) is 0 Å². The zero-order valence-electron chi connectivity index (χ0n) is 18.5. The van der Waals surface area contributed by atoms with Crippen molar-refractivity contribution >= 4 is 34.7 Å². The summed E-state index contributed by atoms with van der Waals surface area (Å²) in [4.78, 5) is 21.4. The highest BCUT2D eigenvalue weighted by molar-refractivity contribution is 7.99. The van der Waals surface area contributed by atoms with E-state index in [1.54, 1.807) is 23.6 Å². The van der Waals surface area contributed by atoms with Gasteiger partial charge in [-0.15, -0.1) is 11.3 Å². The van der Waals surface area contributed by atoms with Gasteiger partial charge in [-0.3, -0.25) is 4.90 Å². The van der Waals surface area contributed by atoms with E-state index in [0.717, 1.165) is 27.7 Å². The third-order valence-corrected chi connectivity index (χ3v) is 7.34. The maximum atomic E-state index is 5.94. The van der Waals surface area contributed by atoms with Crippen molar-refractivity contribution in [2.24, 2.45) is 0 Å². The van der Waals surface area contributed by atoms with Crippen molar-refractivity contribution in [1.82, 2.24) is 24.8 Å². The summed E-state index contributed by atoms with van der Waals surface area (Å²) in [7, 11) is 0. The number of aromatic nitrogens is 4. The number of likely N-dealkylation sites (tertiary alicyclic amines) is 1. The molecule has 3 aromatic rings. The number of piperidine rings is 1. The predicted octanol–water partition coefficient (Wildman–Crippen LogP) is 4.19. The lowest BCUT2D eigenvalue weighted by Crippen LogP contribution is -2.33. The standard InChI is InChI=1S/C22H29N7OS2/c1-14-20(15(2)32-22-26-17(23)13-18(24)27-22)28-21(31-14)16-6-7-25-19(12-16)30-11-10-29-8-4-3-5-9-29/h6-7,12-13,15H,3-5,8-11H2,1-2H3,(H4,23,24,26,27)/t15-/m1/s1. The molecule has 0 aliphatic carbocycles. The zero-order chi connectivity index (χ0) is 22.5. The molecule has 1 aliphatic heterocycles. The second-order valence-electron chi connectivity index (χ2n) is 7.85. The molecule has 1 saturated heterocycles. The van der Waals surface area contributed by atoms with Crippen LogP contribution in [0, 0.1) is 6.92 Å². The summed E-state index contributed by atoms with van der Waals surface area (Å²) < 4.78 is 5.94. The average molecular weight is 472 g/mol. The fourth-order valence-electron chi connectivity index (χ4n) is 3.72. The first-order valence-corrected chi connectivity index (χ1v) is 12.5. The summed E-state index contributed by atoms with van der Waals surface area (Å²) in [5, 5.41) is 1.56. The highest BCUT2D eigenvalue weighted by Crippen LogP contribution is 2.39. The maximum Gasteiger partial charge on any atom is 0.213 e. The summed E-state index contributed by atoms with van der Waals surface area (Å²) >= 11 is 3.16. The Bertz CT molecular complexity index is 1030. The van der Waals surface area contributed by atoms with Crippen LogP contribution in [-0.2, 0) is 0 Å². The molecule has 1 aliphatic rings. The number of nitrogens with two attached hydrogens (primary N) is 2. The Morgan fingerprint density at radius 2 is 1.88 bits per heavy atom. The number of hydrogen-bond donors (Lipinski definition) is 2. The molecule has 170 valence electrons. The van der Waals surface area contributed by atoms with E-state index in [1.165, 1.54) is 44.1 Å². The van der Waals surface area contributed by atoms with Gasteiger partial charge < -0.3 is 16.2 Å². The number of ether oxygens (including phenoxy) is 1. The van der Waals surface area contributed by atoms with E-state index in [1.807, 2.05) is 12.1 Å². The van der Waals surface area contributed by atoms with Crippen LogP contribution in [0.4, 0.5) is 11.6 Å². The van der Waals surface area contributed by atoms with Crippen molar-refractivity contribution in [2.75, 3.05) is 37.7 Å². The van der Waals surface area contributed by atoms with Gasteiger partial charge in [0.05, 0.1) is 10.9 Å². The number of hydrogen-bond acceptors (Lipinski definition) is 10. The Morgan fingerprint density at radius 1 is 1.12 bits per heavy atom. The van der Waals surface area contributed by atoms with Crippen LogP contribution in [-0.4, -0.2) is 51.1 Å². The molecule has 4 N–H and O–H groups in total. The molecule has 0 spiro atoms. The third kappa shape index (κ3) is 5.87. The molecule has 1 fully saturated rings. The fourth-order valence-corrected chi connectivity index (χ4v) is 5.78. The van der Waals surface area contributed by atoms with E-state index >= 15 is 0 Å². The minimum absolute atomic E-state index is 0.0586. The van der Waals surface area contributed by atoms with Crippen LogP contribution in [0.25, 0.3) is 10.6 Å². The van der Waals surface area contributed by atoms with E-state index in [9.17, 15) is 0 Å². The number of nitrogens with zero attached hydrogens (tertiary/aromatic N) is 5. The third-order valence-electron chi connectivity index (χ3n) is 5.33. The van der Waals surface area contributed by atoms with Gasteiger partial charge in [0.1, 0.15) is 23.3 Å². The van der Waals surface area contributed by atoms with E-state index in [0.29, 0.717) is 29.3 Å². The molecule has 1 atom stereocenters. The number of thioether (sulfide) groups is 1. The molecular weight excluding hydrogens is 442 g/mol. The lowest BCUT2D eigenvalue weighted by Gasteiger charge is -2.26. The van der Waals surface area contributed by atoms with Crippen LogP contribution in [0.3, 0.4) is 0 Å². The molecule has 0 saturated carbocycles. The van der Waals surface area contributed by atoms with Crippen LogP contribution in [0.1, 0.15) is 42.0 Å². The first-order valence-electron chi connectivity index (χ1n) is 10.8. The Hall–Kier alpha value is -2.43. The van der Waals surface area contributed by atoms with Gasteiger partial charge in [-0.05, 0) is 45.8 Å². The molecular formula is C22H29N7OS2. The van der Waals surface area contributed by atoms with Crippen LogP contribution >= 0.6 is 23.1 Å². The number of rotatable bonds is 8. The van der Waals surface area contributed by atoms with Crippen molar-refractivity contribution < 1.29 is 4.74 Å². The Balaban J connectivity index is 1.41. The molecule has 0 aromatic carbocycles. The van der Waals surface area contributed by atoms with Gasteiger partial charge in [0.25, 0.3) is 0 Å². The number of anilines is 2. The molecule has 32 heavy (non-hydrogen) atoms. The van der Waals surface area contributed by atoms with Gasteiger partial charge >= 0.3 is 0 Å². The van der Waals surface area contributed by atoms with Crippen LogP contribution in [0.2, 0.25) is 0 Å². The molecule has 3 aromatic heterocycles. The molecule has 4 rings (SSSR count). The van der Waals surface area contributed by atoms with E-state index < -0.39 is 0 Å². The van der Waals surface area contributed by atoms with Crippen molar-refractivity contribution in [3.05, 3.63) is 35.0 Å². The molecule has 0 amide bonds. The summed E-state index contributed by atoms with van der Waals surface area (Å²) in [6, 6.07) is 5.49. The topological polar surface area (TPSA) is 116 Å². The van der Waals surface area contributed by atoms with Crippen molar-refractivity contribution in [3.63, 3.8) is 0 Å². The monoisotopic (exact) mass is 471 g/mol. The predicted molar refractivity (Wildman–Crippen MR) is 131 cm³/mol. The van der Waals surface area contributed by atoms with E-state index in [4.69, 9.17) is 21.2 Å². The van der Waals surface area contributed by atoms with Gasteiger partial charge in [0.2, 0.25) is 5.88 Å². The first-order chi connectivity index (χ1) is 15.5. The summed E-state index contributed by atoms with van der Waals surface area (Å²) in [5.41, 5.74) is 13.6. The minimum Gasteiger partial charge on any atom is -0.476 e. The minimum atomic E-state index is 0.0586. The first kappa shape index (κ1) is 22.8. The normalized spacial score (nSPS) is 15.6. The smallest absolute Gasteiger partial charge is 0.213 e. The highest BCUT2D eigenvalue weighted by Gasteiger charge is 2.19. The van der Waals surface area contributed by atoms with Crippen LogP contribution in [0.15, 0.2) is 29.6 Å². The Morgan fingerprint density at radius 3 is 2.62 bits per heavy atom. The quantitative estimate of drug-likeness (QED) is 0.368. The zero-order valence-corrected chi connectivity index (χ0v) is 20.1. The molecule has 0 unspecified atom stereocenters. The molecule has 4 heterocycles. The van der Waals surface area contributed by atoms with Crippen molar-refractivity contribution in [2.45, 2.75) is 43.5 Å². The number of nitrogen functional groups attached to an aromatic ring is 2. The average Bonchev–Trinajstić information content (AvgIpc) is 3.16. The lowest BCUT2D eigenvalue weighted by molar-refractivity contribution is 0.180. The Labute approximate surface area is 196 Å². The SMILES string of the molecule is Cc1sc(-c2ccnc(OCCN3CCCCC3)c2)nc1[C@@H](C)Sc1nc(N)cc(N)n1. The maximum absolute atomic E-state index is 5.94. The molecule has 0 radical (unpaired) electrons. The van der Waals surface area contributed by atoms with Crippen molar-refractivity contribution in [1.29, 1.82) is 0 Å². The fraction of sp³-hybridized carbons (Fsp3) is 0.455. The largest absolute Gasteiger partial charge is 0.476 e. The van der Waals surface area contributed by atoms with Crippen LogP contribution < -0.4 is 16.2 Å². The summed E-state index contributed by atoms with van der Waals surface area (Å²) in [6.07, 6.45) is 5.69. The van der Waals surface area contributed by atoms with Gasteiger partial charge in [-0.25, -0.2) is 19.9 Å². The van der Waals surface area contributed by atoms with Gasteiger partial charge in [-0.1, -0.05) is 18.2 Å².